The van der Waals surface area contributed by atoms with Gasteiger partial charge < -0.3 is 15.2 Å². The van der Waals surface area contributed by atoms with Crippen LogP contribution < -0.4 is 10.1 Å². The van der Waals surface area contributed by atoms with Gasteiger partial charge in [0.2, 0.25) is 0 Å². The van der Waals surface area contributed by atoms with Gasteiger partial charge in [0, 0.05) is 26.9 Å². The number of carbonyl (C=O) groups is 1. The Kier molecular flexibility index (Phi) is 3.22. The number of ether oxygens (including phenoxy) is 1. The molecule has 23 heavy (non-hydrogen) atoms. The molecule has 3 atom stereocenters. The van der Waals surface area contributed by atoms with Gasteiger partial charge in [0.05, 0.1) is 5.92 Å². The van der Waals surface area contributed by atoms with Crippen LogP contribution in [0.4, 0.5) is 5.69 Å². The average molecular weight is 350 g/mol. The highest BCUT2D eigenvalue weighted by atomic mass is 35.5. The molecule has 118 valence electrons. The quantitative estimate of drug-likeness (QED) is 0.814. The fraction of sp³-hybridized carbons (Fsp3) is 0.235. The summed E-state index contributed by atoms with van der Waals surface area (Å²) in [5.41, 5.74) is 3.50. The molecule has 0 saturated carbocycles. The number of hydrogen-bond acceptors (Lipinski definition) is 3. The van der Waals surface area contributed by atoms with Crippen LogP contribution in [0.15, 0.2) is 30.3 Å². The van der Waals surface area contributed by atoms with Gasteiger partial charge in [-0.15, -0.1) is 0 Å². The van der Waals surface area contributed by atoms with Gasteiger partial charge in [0.15, 0.2) is 6.04 Å². The Labute approximate surface area is 143 Å². The highest BCUT2D eigenvalue weighted by Gasteiger charge is 2.48. The predicted molar refractivity (Wildman–Crippen MR) is 88.9 cm³/mol. The first-order chi connectivity index (χ1) is 11.0. The molecule has 0 aliphatic carbocycles. The standard InChI is InChI=1S/C17H13Cl2NO3/c1-7-2-3-9-12(4-7)23-16-13(9)14-10(19)5-8(18)6-11(14)20-15(16)17(21)22/h2-6,13,15-16,20H,1H3,(H,21,22). The predicted octanol–water partition coefficient (Wildman–Crippen LogP) is 4.07. The van der Waals surface area contributed by atoms with Crippen LogP contribution in [0, 0.1) is 6.92 Å². The summed E-state index contributed by atoms with van der Waals surface area (Å²) >= 11 is 12.5. The van der Waals surface area contributed by atoms with E-state index >= 15 is 0 Å². The second-order valence-corrected chi connectivity index (χ2v) is 6.75. The molecule has 0 saturated heterocycles. The molecule has 2 aromatic rings. The number of anilines is 1. The van der Waals surface area contributed by atoms with Gasteiger partial charge in [-0.3, -0.25) is 0 Å². The SMILES string of the molecule is Cc1ccc2c(c1)OC1C(C(=O)O)Nc3cc(Cl)cc(Cl)c3C21. The van der Waals surface area contributed by atoms with Gasteiger partial charge in [-0.25, -0.2) is 4.79 Å². The van der Waals surface area contributed by atoms with E-state index in [-0.39, 0.29) is 5.92 Å². The summed E-state index contributed by atoms with van der Waals surface area (Å²) in [7, 11) is 0. The summed E-state index contributed by atoms with van der Waals surface area (Å²) in [5.74, 6) is -0.481. The lowest BCUT2D eigenvalue weighted by molar-refractivity contribution is -0.140. The number of aliphatic carboxylic acids is 1. The minimum Gasteiger partial charge on any atom is -0.486 e. The zero-order valence-electron chi connectivity index (χ0n) is 12.1. The van der Waals surface area contributed by atoms with E-state index < -0.39 is 18.1 Å². The second-order valence-electron chi connectivity index (χ2n) is 5.91. The maximum absolute atomic E-state index is 11.7. The molecule has 2 aliphatic rings. The maximum Gasteiger partial charge on any atom is 0.330 e. The second kappa shape index (κ2) is 5.05. The summed E-state index contributed by atoms with van der Waals surface area (Å²) in [6, 6.07) is 8.42. The minimum absolute atomic E-state index is 0.229. The normalized spacial score (nSPS) is 24.0. The van der Waals surface area contributed by atoms with Crippen LogP contribution in [0.5, 0.6) is 5.75 Å². The van der Waals surface area contributed by atoms with E-state index in [0.717, 1.165) is 16.7 Å². The van der Waals surface area contributed by atoms with E-state index in [4.69, 9.17) is 27.9 Å². The van der Waals surface area contributed by atoms with Crippen LogP contribution >= 0.6 is 23.2 Å². The maximum atomic E-state index is 11.7. The monoisotopic (exact) mass is 349 g/mol. The van der Waals surface area contributed by atoms with Gasteiger partial charge >= 0.3 is 5.97 Å². The molecule has 6 heteroatoms. The molecular formula is C17H13Cl2NO3. The molecule has 0 radical (unpaired) electrons. The largest absolute Gasteiger partial charge is 0.486 e. The van der Waals surface area contributed by atoms with Crippen molar-refractivity contribution in [2.45, 2.75) is 25.0 Å². The zero-order valence-corrected chi connectivity index (χ0v) is 13.7. The number of carboxylic acid groups (broad SMARTS) is 1. The first-order valence-corrected chi connectivity index (χ1v) is 7.97. The molecule has 0 aromatic heterocycles. The zero-order chi connectivity index (χ0) is 16.3. The molecule has 2 N–H and O–H groups in total. The van der Waals surface area contributed by atoms with Crippen molar-refractivity contribution in [3.8, 4) is 5.75 Å². The third-order valence-electron chi connectivity index (χ3n) is 4.41. The van der Waals surface area contributed by atoms with Crippen molar-refractivity contribution < 1.29 is 14.6 Å². The highest BCUT2D eigenvalue weighted by Crippen LogP contribution is 2.51. The van der Waals surface area contributed by atoms with Gasteiger partial charge in [-0.05, 0) is 30.7 Å². The molecule has 2 aromatic carbocycles. The Hall–Kier alpha value is -1.91. The summed E-state index contributed by atoms with van der Waals surface area (Å²) in [5, 5.41) is 13.6. The Morgan fingerprint density at radius 2 is 2.04 bits per heavy atom. The van der Waals surface area contributed by atoms with E-state index in [9.17, 15) is 9.90 Å². The van der Waals surface area contributed by atoms with Gasteiger partial charge in [0.1, 0.15) is 11.9 Å². The van der Waals surface area contributed by atoms with Crippen molar-refractivity contribution in [1.82, 2.24) is 0 Å². The average Bonchev–Trinajstić information content (AvgIpc) is 2.83. The topological polar surface area (TPSA) is 58.6 Å². The minimum atomic E-state index is -0.966. The summed E-state index contributed by atoms with van der Waals surface area (Å²) in [4.78, 5) is 11.7. The Morgan fingerprint density at radius 3 is 2.78 bits per heavy atom. The van der Waals surface area contributed by atoms with Gasteiger partial charge in [-0.1, -0.05) is 35.3 Å². The van der Waals surface area contributed by atoms with Crippen molar-refractivity contribution in [2.75, 3.05) is 5.32 Å². The van der Waals surface area contributed by atoms with E-state index in [1.165, 1.54) is 0 Å². The Bertz CT molecular complexity index is 837. The highest BCUT2D eigenvalue weighted by molar-refractivity contribution is 6.35. The molecule has 3 unspecified atom stereocenters. The molecule has 0 amide bonds. The van der Waals surface area contributed by atoms with E-state index in [0.29, 0.717) is 21.5 Å². The van der Waals surface area contributed by atoms with E-state index in [1.54, 1.807) is 12.1 Å². The fourth-order valence-corrected chi connectivity index (χ4v) is 4.06. The van der Waals surface area contributed by atoms with E-state index in [1.807, 2.05) is 25.1 Å². The van der Waals surface area contributed by atoms with Gasteiger partial charge in [-0.2, -0.15) is 0 Å². The Morgan fingerprint density at radius 1 is 1.26 bits per heavy atom. The third kappa shape index (κ3) is 2.17. The van der Waals surface area contributed by atoms with Crippen molar-refractivity contribution in [1.29, 1.82) is 0 Å². The lowest BCUT2D eigenvalue weighted by Gasteiger charge is -2.34. The number of benzene rings is 2. The number of aryl methyl sites for hydroxylation is 1. The summed E-state index contributed by atoms with van der Waals surface area (Å²) in [6.45, 7) is 1.97. The number of halogens is 2. The molecule has 0 bridgehead atoms. The molecular weight excluding hydrogens is 337 g/mol. The first kappa shape index (κ1) is 14.7. The van der Waals surface area contributed by atoms with Crippen LogP contribution in [0.2, 0.25) is 10.0 Å². The van der Waals surface area contributed by atoms with Gasteiger partial charge in [0.25, 0.3) is 0 Å². The van der Waals surface area contributed by atoms with Crippen LogP contribution in [-0.4, -0.2) is 23.2 Å². The molecule has 0 fully saturated rings. The molecule has 0 spiro atoms. The van der Waals surface area contributed by atoms with Crippen LogP contribution in [-0.2, 0) is 4.79 Å². The summed E-state index contributed by atoms with van der Waals surface area (Å²) < 4.78 is 5.97. The first-order valence-electron chi connectivity index (χ1n) is 7.21. The third-order valence-corrected chi connectivity index (χ3v) is 4.94. The van der Waals surface area contributed by atoms with Crippen molar-refractivity contribution in [3.05, 3.63) is 57.1 Å². The lowest BCUT2D eigenvalue weighted by Crippen LogP contribution is -2.48. The van der Waals surface area contributed by atoms with E-state index in [2.05, 4.69) is 5.32 Å². The molecule has 4 nitrogen and oxygen atoms in total. The number of carboxylic acids is 1. The molecule has 2 heterocycles. The van der Waals surface area contributed by atoms with Crippen LogP contribution in [0.3, 0.4) is 0 Å². The van der Waals surface area contributed by atoms with Crippen molar-refractivity contribution >= 4 is 34.9 Å². The lowest BCUT2D eigenvalue weighted by atomic mass is 9.81. The molecule has 2 aliphatic heterocycles. The number of hydrogen-bond donors (Lipinski definition) is 2. The number of nitrogens with one attached hydrogen (secondary N) is 1. The summed E-state index contributed by atoms with van der Waals surface area (Å²) in [6.07, 6.45) is -0.546. The fourth-order valence-electron chi connectivity index (χ4n) is 3.44. The van der Waals surface area contributed by atoms with Crippen LogP contribution in [0.25, 0.3) is 0 Å². The molecule has 4 rings (SSSR count). The number of fused-ring (bicyclic) bond motifs is 5. The van der Waals surface area contributed by atoms with Crippen molar-refractivity contribution in [2.24, 2.45) is 0 Å². The number of rotatable bonds is 1. The smallest absolute Gasteiger partial charge is 0.330 e. The van der Waals surface area contributed by atoms with Crippen molar-refractivity contribution in [3.63, 3.8) is 0 Å². The Balaban J connectivity index is 1.95. The van der Waals surface area contributed by atoms with Crippen LogP contribution in [0.1, 0.15) is 22.6 Å².